The fraction of sp³-hybridized carbons (Fsp3) is 0.357. The van der Waals surface area contributed by atoms with Crippen molar-refractivity contribution in [2.24, 2.45) is 5.73 Å². The molecular weight excluding hydrogens is 244 g/mol. The third-order valence-corrected chi connectivity index (χ3v) is 3.82. The van der Waals surface area contributed by atoms with E-state index in [-0.39, 0.29) is 6.04 Å². The van der Waals surface area contributed by atoms with Crippen molar-refractivity contribution in [3.63, 3.8) is 0 Å². The monoisotopic (exact) mass is 262 g/mol. The second-order valence-electron chi connectivity index (χ2n) is 4.38. The Morgan fingerprint density at radius 3 is 2.94 bits per heavy atom. The zero-order valence-electron chi connectivity index (χ0n) is 10.7. The van der Waals surface area contributed by atoms with Gasteiger partial charge >= 0.3 is 0 Å². The van der Waals surface area contributed by atoms with Gasteiger partial charge in [-0.05, 0) is 43.2 Å². The lowest BCUT2D eigenvalue weighted by molar-refractivity contribution is 0.454. The van der Waals surface area contributed by atoms with Crippen LogP contribution < -0.4 is 5.73 Å². The van der Waals surface area contributed by atoms with Gasteiger partial charge in [-0.15, -0.1) is 0 Å². The highest BCUT2D eigenvalue weighted by molar-refractivity contribution is 7.99. The van der Waals surface area contributed by atoms with Crippen LogP contribution in [-0.2, 0) is 6.42 Å². The molecule has 1 atom stereocenters. The van der Waals surface area contributed by atoms with E-state index in [4.69, 9.17) is 10.2 Å². The van der Waals surface area contributed by atoms with Crippen LogP contribution in [0.3, 0.4) is 0 Å². The highest BCUT2D eigenvalue weighted by Crippen LogP contribution is 2.30. The number of oxazole rings is 1. The molecular formula is C14H18N2OS. The molecule has 1 aromatic heterocycles. The molecule has 0 spiro atoms. The Bertz CT molecular complexity index is 497. The van der Waals surface area contributed by atoms with Gasteiger partial charge in [0.1, 0.15) is 6.26 Å². The highest BCUT2D eigenvalue weighted by Gasteiger charge is 2.10. The Hall–Kier alpha value is -1.26. The molecule has 0 aliphatic rings. The summed E-state index contributed by atoms with van der Waals surface area (Å²) in [5, 5.41) is 0.671. The van der Waals surface area contributed by atoms with Crippen molar-refractivity contribution in [2.45, 2.75) is 42.8 Å². The highest BCUT2D eigenvalue weighted by atomic mass is 32.2. The van der Waals surface area contributed by atoms with E-state index in [0.717, 1.165) is 12.8 Å². The molecule has 3 nitrogen and oxygen atoms in total. The second kappa shape index (κ2) is 6.07. The molecule has 2 N–H and O–H groups in total. The number of nitrogens with zero attached hydrogens (tertiary/aromatic N) is 1. The molecule has 1 unspecified atom stereocenters. The summed E-state index contributed by atoms with van der Waals surface area (Å²) in [5.74, 6) is 0. The molecule has 0 bridgehead atoms. The molecule has 0 saturated heterocycles. The van der Waals surface area contributed by atoms with Crippen molar-refractivity contribution in [3.8, 4) is 0 Å². The molecule has 0 aliphatic heterocycles. The summed E-state index contributed by atoms with van der Waals surface area (Å²) in [6.07, 6.45) is 5.13. The lowest BCUT2D eigenvalue weighted by atomic mass is 10.0. The van der Waals surface area contributed by atoms with Crippen LogP contribution in [-0.4, -0.2) is 11.0 Å². The molecule has 18 heavy (non-hydrogen) atoms. The minimum atomic E-state index is 0.204. The van der Waals surface area contributed by atoms with Gasteiger partial charge in [0.25, 0.3) is 5.22 Å². The van der Waals surface area contributed by atoms with Gasteiger partial charge in [-0.1, -0.05) is 24.6 Å². The van der Waals surface area contributed by atoms with Gasteiger partial charge in [0.2, 0.25) is 0 Å². The molecule has 96 valence electrons. The zero-order chi connectivity index (χ0) is 13.0. The summed E-state index contributed by atoms with van der Waals surface area (Å²) in [5.41, 5.74) is 8.57. The summed E-state index contributed by atoms with van der Waals surface area (Å²) in [6, 6.07) is 6.62. The normalized spacial score (nSPS) is 12.6. The summed E-state index contributed by atoms with van der Waals surface area (Å²) in [6.45, 7) is 4.21. The summed E-state index contributed by atoms with van der Waals surface area (Å²) >= 11 is 1.55. The van der Waals surface area contributed by atoms with Crippen molar-refractivity contribution >= 4 is 11.8 Å². The van der Waals surface area contributed by atoms with Crippen LogP contribution in [0.4, 0.5) is 0 Å². The molecule has 2 rings (SSSR count). The first-order chi connectivity index (χ1) is 8.69. The molecule has 1 heterocycles. The van der Waals surface area contributed by atoms with Crippen LogP contribution in [0.25, 0.3) is 0 Å². The van der Waals surface area contributed by atoms with E-state index in [1.54, 1.807) is 24.2 Å². The largest absolute Gasteiger partial charge is 0.440 e. The van der Waals surface area contributed by atoms with E-state index >= 15 is 0 Å². The van der Waals surface area contributed by atoms with Crippen molar-refractivity contribution in [1.29, 1.82) is 0 Å². The van der Waals surface area contributed by atoms with E-state index in [1.807, 2.05) is 0 Å². The van der Waals surface area contributed by atoms with Crippen LogP contribution in [0.5, 0.6) is 0 Å². The van der Waals surface area contributed by atoms with E-state index in [2.05, 4.69) is 37.0 Å². The van der Waals surface area contributed by atoms with E-state index < -0.39 is 0 Å². The number of nitrogens with two attached hydrogens (primary N) is 1. The molecule has 1 aromatic carbocycles. The maximum Gasteiger partial charge on any atom is 0.260 e. The quantitative estimate of drug-likeness (QED) is 0.897. The van der Waals surface area contributed by atoms with Crippen molar-refractivity contribution < 1.29 is 4.42 Å². The standard InChI is InChI=1S/C14H18N2OS/c1-3-12(15)9-11-8-10(2)4-5-13(11)18-14-16-6-7-17-14/h4-8,12H,3,9,15H2,1-2H3. The summed E-state index contributed by atoms with van der Waals surface area (Å²) in [7, 11) is 0. The molecule has 4 heteroatoms. The van der Waals surface area contributed by atoms with Crippen LogP contribution in [0.2, 0.25) is 0 Å². The average Bonchev–Trinajstić information content (AvgIpc) is 2.85. The zero-order valence-corrected chi connectivity index (χ0v) is 11.5. The Kier molecular flexibility index (Phi) is 4.44. The Morgan fingerprint density at radius 1 is 1.44 bits per heavy atom. The second-order valence-corrected chi connectivity index (χ2v) is 5.38. The van der Waals surface area contributed by atoms with Gasteiger partial charge in [-0.2, -0.15) is 0 Å². The predicted octanol–water partition coefficient (Wildman–Crippen LogP) is 3.41. The van der Waals surface area contributed by atoms with Crippen LogP contribution in [0.15, 0.2) is 45.2 Å². The molecule has 0 saturated carbocycles. The number of hydrogen-bond acceptors (Lipinski definition) is 4. The van der Waals surface area contributed by atoms with Crippen LogP contribution in [0.1, 0.15) is 24.5 Å². The van der Waals surface area contributed by atoms with E-state index in [9.17, 15) is 0 Å². The molecule has 0 amide bonds. The predicted molar refractivity (Wildman–Crippen MR) is 73.8 cm³/mol. The number of aryl methyl sites for hydroxylation is 1. The minimum Gasteiger partial charge on any atom is -0.440 e. The number of hydrogen-bond donors (Lipinski definition) is 1. The molecule has 0 radical (unpaired) electrons. The van der Waals surface area contributed by atoms with Crippen molar-refractivity contribution in [2.75, 3.05) is 0 Å². The maximum atomic E-state index is 6.05. The summed E-state index contributed by atoms with van der Waals surface area (Å²) < 4.78 is 5.27. The van der Waals surface area contributed by atoms with Gasteiger partial charge in [-0.25, -0.2) is 4.98 Å². The maximum absolute atomic E-state index is 6.05. The number of aromatic nitrogens is 1. The Balaban J connectivity index is 2.22. The summed E-state index contributed by atoms with van der Waals surface area (Å²) in [4.78, 5) is 5.31. The fourth-order valence-corrected chi connectivity index (χ4v) is 2.56. The molecule has 0 fully saturated rings. The first kappa shape index (κ1) is 13.2. The topological polar surface area (TPSA) is 52.0 Å². The first-order valence-corrected chi connectivity index (χ1v) is 6.93. The Morgan fingerprint density at radius 2 is 2.28 bits per heavy atom. The van der Waals surface area contributed by atoms with Crippen LogP contribution >= 0.6 is 11.8 Å². The SMILES string of the molecule is CCC(N)Cc1cc(C)ccc1Sc1ncco1. The molecule has 2 aromatic rings. The molecule has 0 aliphatic carbocycles. The average molecular weight is 262 g/mol. The number of benzene rings is 1. The van der Waals surface area contributed by atoms with E-state index in [0.29, 0.717) is 5.22 Å². The van der Waals surface area contributed by atoms with Gasteiger partial charge in [0.15, 0.2) is 0 Å². The third-order valence-electron chi connectivity index (χ3n) is 2.83. The van der Waals surface area contributed by atoms with Crippen molar-refractivity contribution in [1.82, 2.24) is 4.98 Å². The van der Waals surface area contributed by atoms with Gasteiger partial charge in [0.05, 0.1) is 6.20 Å². The Labute approximate surface area is 112 Å². The smallest absolute Gasteiger partial charge is 0.260 e. The van der Waals surface area contributed by atoms with Crippen LogP contribution in [0, 0.1) is 6.92 Å². The van der Waals surface area contributed by atoms with Gasteiger partial charge in [-0.3, -0.25) is 0 Å². The van der Waals surface area contributed by atoms with Gasteiger partial charge < -0.3 is 10.2 Å². The third kappa shape index (κ3) is 3.37. The lowest BCUT2D eigenvalue weighted by Gasteiger charge is -2.13. The fourth-order valence-electron chi connectivity index (χ4n) is 1.75. The number of rotatable bonds is 5. The van der Waals surface area contributed by atoms with Gasteiger partial charge in [0, 0.05) is 10.9 Å². The first-order valence-electron chi connectivity index (χ1n) is 6.11. The van der Waals surface area contributed by atoms with E-state index in [1.165, 1.54) is 16.0 Å². The van der Waals surface area contributed by atoms with Crippen molar-refractivity contribution in [3.05, 3.63) is 41.8 Å². The minimum absolute atomic E-state index is 0.204. The lowest BCUT2D eigenvalue weighted by Crippen LogP contribution is -2.21.